The Morgan fingerprint density at radius 1 is 1.06 bits per heavy atom. The van der Waals surface area contributed by atoms with Gasteiger partial charge in [-0.25, -0.2) is 0 Å². The zero-order valence-electron chi connectivity index (χ0n) is 19.3. The van der Waals surface area contributed by atoms with Gasteiger partial charge in [0.15, 0.2) is 0 Å². The van der Waals surface area contributed by atoms with Crippen LogP contribution in [-0.2, 0) is 16.0 Å². The molecule has 0 radical (unpaired) electrons. The minimum absolute atomic E-state index is 0.151. The van der Waals surface area contributed by atoms with Gasteiger partial charge in [0.1, 0.15) is 0 Å². The highest BCUT2D eigenvalue weighted by atomic mass is 16.2. The highest BCUT2D eigenvalue weighted by Gasteiger charge is 2.42. The fourth-order valence-corrected chi connectivity index (χ4v) is 5.32. The van der Waals surface area contributed by atoms with Crippen molar-refractivity contribution in [3.05, 3.63) is 66.0 Å². The minimum Gasteiger partial charge on any atom is -0.342 e. The van der Waals surface area contributed by atoms with Gasteiger partial charge in [-0.2, -0.15) is 0 Å². The molecule has 32 heavy (non-hydrogen) atoms. The fourth-order valence-electron chi connectivity index (χ4n) is 5.32. The number of carbonyl (C=O) groups is 2. The summed E-state index contributed by atoms with van der Waals surface area (Å²) in [5, 5.41) is 0. The van der Waals surface area contributed by atoms with Crippen LogP contribution < -0.4 is 0 Å². The van der Waals surface area contributed by atoms with E-state index in [1.807, 2.05) is 23.2 Å². The lowest BCUT2D eigenvalue weighted by atomic mass is 9.82. The molecule has 4 rings (SSSR count). The zero-order valence-corrected chi connectivity index (χ0v) is 19.3. The average Bonchev–Trinajstić information content (AvgIpc) is 2.81. The summed E-state index contributed by atoms with van der Waals surface area (Å²) in [7, 11) is 0. The largest absolute Gasteiger partial charge is 0.342 e. The van der Waals surface area contributed by atoms with Gasteiger partial charge in [-0.15, -0.1) is 0 Å². The summed E-state index contributed by atoms with van der Waals surface area (Å²) in [6.45, 7) is 6.53. The van der Waals surface area contributed by atoms with E-state index in [2.05, 4.69) is 54.1 Å². The third-order valence-corrected chi connectivity index (χ3v) is 6.90. The maximum Gasteiger partial charge on any atom is 0.228 e. The molecule has 1 aromatic heterocycles. The summed E-state index contributed by atoms with van der Waals surface area (Å²) in [5.74, 6) is 1.14. The number of rotatable bonds is 6. The van der Waals surface area contributed by atoms with E-state index in [0.717, 1.165) is 37.9 Å². The quantitative estimate of drug-likeness (QED) is 0.674. The van der Waals surface area contributed by atoms with Crippen LogP contribution >= 0.6 is 0 Å². The van der Waals surface area contributed by atoms with Gasteiger partial charge in [0.25, 0.3) is 0 Å². The third-order valence-electron chi connectivity index (χ3n) is 6.90. The minimum atomic E-state index is -0.220. The first-order valence-corrected chi connectivity index (χ1v) is 12.0. The van der Waals surface area contributed by atoms with Crippen LogP contribution in [0.5, 0.6) is 0 Å². The Kier molecular flexibility index (Phi) is 7.23. The van der Waals surface area contributed by atoms with Crippen molar-refractivity contribution in [3.8, 4) is 0 Å². The molecule has 2 atom stereocenters. The topological polar surface area (TPSA) is 53.5 Å². The molecule has 0 aliphatic carbocycles. The number of hydrogen-bond donors (Lipinski definition) is 0. The molecule has 2 amide bonds. The monoisotopic (exact) mass is 433 g/mol. The smallest absolute Gasteiger partial charge is 0.228 e. The van der Waals surface area contributed by atoms with Crippen molar-refractivity contribution in [2.75, 3.05) is 19.6 Å². The summed E-state index contributed by atoms with van der Waals surface area (Å²) in [4.78, 5) is 34.8. The lowest BCUT2D eigenvalue weighted by molar-refractivity contribution is -0.149. The number of benzene rings is 1. The van der Waals surface area contributed by atoms with Crippen molar-refractivity contribution in [3.63, 3.8) is 0 Å². The van der Waals surface area contributed by atoms with Crippen LogP contribution in [0.1, 0.15) is 56.7 Å². The summed E-state index contributed by atoms with van der Waals surface area (Å²) >= 11 is 0. The zero-order chi connectivity index (χ0) is 22.5. The van der Waals surface area contributed by atoms with Crippen molar-refractivity contribution < 1.29 is 9.59 Å². The van der Waals surface area contributed by atoms with E-state index in [9.17, 15) is 9.59 Å². The molecule has 2 aliphatic heterocycles. The number of likely N-dealkylation sites (tertiary alicyclic amines) is 2. The Morgan fingerprint density at radius 3 is 2.47 bits per heavy atom. The average molecular weight is 434 g/mol. The van der Waals surface area contributed by atoms with E-state index in [0.29, 0.717) is 31.2 Å². The molecule has 2 aliphatic rings. The number of nitrogens with zero attached hydrogens (tertiary/aromatic N) is 3. The Labute approximate surface area is 191 Å². The second-order valence-corrected chi connectivity index (χ2v) is 9.77. The molecule has 2 saturated heterocycles. The molecule has 0 unspecified atom stereocenters. The second-order valence-electron chi connectivity index (χ2n) is 9.77. The van der Waals surface area contributed by atoms with Gasteiger partial charge in [0, 0.05) is 38.4 Å². The molecule has 0 saturated carbocycles. The highest BCUT2D eigenvalue weighted by molar-refractivity contribution is 5.85. The molecule has 0 bridgehead atoms. The second kappa shape index (κ2) is 10.3. The van der Waals surface area contributed by atoms with Crippen molar-refractivity contribution in [2.45, 2.75) is 52.0 Å². The van der Waals surface area contributed by atoms with Gasteiger partial charge >= 0.3 is 0 Å². The third kappa shape index (κ3) is 5.20. The molecule has 2 aromatic rings. The standard InChI is InChI=1S/C27H35N3O2/c1-20(2)19-30-25(31)11-10-24(26(30)23-9-6-14-28-18-23)27(32)29-15-12-22(13-16-29)17-21-7-4-3-5-8-21/h3-9,14,18,20,22,24,26H,10-13,15-17,19H2,1-2H3/t24-,26+/m1/s1. The van der Waals surface area contributed by atoms with Gasteiger partial charge in [0.2, 0.25) is 11.8 Å². The molecule has 0 N–H and O–H groups in total. The summed E-state index contributed by atoms with van der Waals surface area (Å²) in [6, 6.07) is 14.3. The highest BCUT2D eigenvalue weighted by Crippen LogP contribution is 2.38. The normalized spacial score (nSPS) is 22.4. The van der Waals surface area contributed by atoms with Crippen LogP contribution in [0.4, 0.5) is 0 Å². The van der Waals surface area contributed by atoms with Crippen LogP contribution in [0.25, 0.3) is 0 Å². The number of carbonyl (C=O) groups excluding carboxylic acids is 2. The molecule has 5 nitrogen and oxygen atoms in total. The van der Waals surface area contributed by atoms with E-state index >= 15 is 0 Å². The van der Waals surface area contributed by atoms with Crippen LogP contribution in [0, 0.1) is 17.8 Å². The molecule has 5 heteroatoms. The van der Waals surface area contributed by atoms with E-state index in [1.165, 1.54) is 5.56 Å². The lowest BCUT2D eigenvalue weighted by Gasteiger charge is -2.44. The molecule has 170 valence electrons. The van der Waals surface area contributed by atoms with E-state index < -0.39 is 0 Å². The van der Waals surface area contributed by atoms with Gasteiger partial charge in [-0.3, -0.25) is 14.6 Å². The number of amides is 2. The predicted octanol–water partition coefficient (Wildman–Crippen LogP) is 4.50. The Bertz CT molecular complexity index is 892. The lowest BCUT2D eigenvalue weighted by Crippen LogP contribution is -2.51. The van der Waals surface area contributed by atoms with Gasteiger partial charge < -0.3 is 9.80 Å². The van der Waals surface area contributed by atoms with Gasteiger partial charge in [-0.05, 0) is 54.7 Å². The maximum absolute atomic E-state index is 13.7. The number of aromatic nitrogens is 1. The van der Waals surface area contributed by atoms with Crippen molar-refractivity contribution in [1.29, 1.82) is 0 Å². The SMILES string of the molecule is CC(C)CN1C(=O)CC[C@@H](C(=O)N2CCC(Cc3ccccc3)CC2)[C@@H]1c1cccnc1. The van der Waals surface area contributed by atoms with Gasteiger partial charge in [0.05, 0.1) is 12.0 Å². The first-order chi connectivity index (χ1) is 15.5. The molecule has 0 spiro atoms. The molecular weight excluding hydrogens is 398 g/mol. The van der Waals surface area contributed by atoms with Crippen LogP contribution in [0.2, 0.25) is 0 Å². The van der Waals surface area contributed by atoms with Crippen LogP contribution in [0.15, 0.2) is 54.9 Å². The Morgan fingerprint density at radius 2 is 1.81 bits per heavy atom. The number of pyridine rings is 1. The van der Waals surface area contributed by atoms with Crippen molar-refractivity contribution in [1.82, 2.24) is 14.8 Å². The maximum atomic E-state index is 13.7. The molecule has 2 fully saturated rings. The molecule has 1 aromatic carbocycles. The van der Waals surface area contributed by atoms with E-state index in [4.69, 9.17) is 0 Å². The number of piperidine rings is 2. The van der Waals surface area contributed by atoms with E-state index in [1.54, 1.807) is 6.20 Å². The van der Waals surface area contributed by atoms with Gasteiger partial charge in [-0.1, -0.05) is 50.2 Å². The van der Waals surface area contributed by atoms with Crippen molar-refractivity contribution >= 4 is 11.8 Å². The van der Waals surface area contributed by atoms with Crippen LogP contribution in [0.3, 0.4) is 0 Å². The van der Waals surface area contributed by atoms with Crippen LogP contribution in [-0.4, -0.2) is 46.2 Å². The molecular formula is C27H35N3O2. The summed E-state index contributed by atoms with van der Waals surface area (Å²) in [5.41, 5.74) is 2.35. The Balaban J connectivity index is 1.47. The van der Waals surface area contributed by atoms with Crippen molar-refractivity contribution in [2.24, 2.45) is 17.8 Å². The van der Waals surface area contributed by atoms with E-state index in [-0.39, 0.29) is 23.8 Å². The Hall–Kier alpha value is -2.69. The fraction of sp³-hybridized carbons (Fsp3) is 0.519. The molecule has 3 heterocycles. The first-order valence-electron chi connectivity index (χ1n) is 12.0. The first kappa shape index (κ1) is 22.5. The summed E-state index contributed by atoms with van der Waals surface area (Å²) < 4.78 is 0. The number of hydrogen-bond acceptors (Lipinski definition) is 3. The summed E-state index contributed by atoms with van der Waals surface area (Å²) in [6.07, 6.45) is 7.80. The predicted molar refractivity (Wildman–Crippen MR) is 126 cm³/mol.